The first-order valence-electron chi connectivity index (χ1n) is 9.94. The first-order chi connectivity index (χ1) is 13.1. The van der Waals surface area contributed by atoms with Gasteiger partial charge in [0.05, 0.1) is 0 Å². The van der Waals surface area contributed by atoms with E-state index in [0.29, 0.717) is 24.0 Å². The Labute approximate surface area is 166 Å². The fourth-order valence-electron chi connectivity index (χ4n) is 5.43. The van der Waals surface area contributed by atoms with Crippen LogP contribution in [-0.4, -0.2) is 36.7 Å². The van der Waals surface area contributed by atoms with E-state index in [2.05, 4.69) is 20.4 Å². The third kappa shape index (κ3) is 2.88. The van der Waals surface area contributed by atoms with Crippen LogP contribution < -0.4 is 0 Å². The SMILES string of the molecule is C=C1COC(=O)[C@]12C[C@@]1(C)[C@H]([C@@H](OC(C)=O)CC[C@@H]1C)[C@H]2OC(=O)/C(C)=C\C. The van der Waals surface area contributed by atoms with E-state index in [0.717, 1.165) is 6.42 Å². The number of hydrogen-bond acceptors (Lipinski definition) is 6. The first kappa shape index (κ1) is 20.6. The predicted molar refractivity (Wildman–Crippen MR) is 102 cm³/mol. The van der Waals surface area contributed by atoms with Gasteiger partial charge in [0.2, 0.25) is 0 Å². The minimum atomic E-state index is -1.08. The number of hydrogen-bond donors (Lipinski definition) is 0. The molecule has 2 aliphatic carbocycles. The molecule has 0 amide bonds. The van der Waals surface area contributed by atoms with Crippen LogP contribution in [0.5, 0.6) is 0 Å². The molecule has 1 aliphatic heterocycles. The van der Waals surface area contributed by atoms with Gasteiger partial charge >= 0.3 is 17.9 Å². The van der Waals surface area contributed by atoms with Gasteiger partial charge in [0.15, 0.2) is 0 Å². The van der Waals surface area contributed by atoms with E-state index in [1.807, 2.05) is 0 Å². The van der Waals surface area contributed by atoms with Gasteiger partial charge in [-0.1, -0.05) is 26.5 Å². The van der Waals surface area contributed by atoms with E-state index in [4.69, 9.17) is 14.2 Å². The van der Waals surface area contributed by atoms with E-state index in [9.17, 15) is 14.4 Å². The Hall–Kier alpha value is -2.11. The average molecular weight is 390 g/mol. The van der Waals surface area contributed by atoms with Gasteiger partial charge in [-0.2, -0.15) is 0 Å². The summed E-state index contributed by atoms with van der Waals surface area (Å²) in [6.07, 6.45) is 2.52. The molecule has 3 aliphatic rings. The molecular formula is C22H30O6. The van der Waals surface area contributed by atoms with Crippen molar-refractivity contribution in [3.05, 3.63) is 23.8 Å². The van der Waals surface area contributed by atoms with Gasteiger partial charge in [-0.3, -0.25) is 9.59 Å². The number of fused-ring (bicyclic) bond motifs is 1. The summed E-state index contributed by atoms with van der Waals surface area (Å²) in [4.78, 5) is 37.4. The van der Waals surface area contributed by atoms with Crippen LogP contribution in [0.3, 0.4) is 0 Å². The maximum atomic E-state index is 13.0. The highest BCUT2D eigenvalue weighted by molar-refractivity contribution is 5.90. The standard InChI is InChI=1S/C22H30O6/c1-7-12(2)19(24)28-18-17-16(27-15(5)23)9-8-13(3)21(17,6)11-22(18)14(4)10-26-20(22)25/h7,13,16-18H,4,8-11H2,1-3,5-6H3/b12-7-/t13-,16-,17+,18+,21+,22+/m0/s1. The molecule has 6 heteroatoms. The van der Waals surface area contributed by atoms with Crippen molar-refractivity contribution in [2.45, 2.75) is 66.1 Å². The maximum absolute atomic E-state index is 13.0. The highest BCUT2D eigenvalue weighted by Gasteiger charge is 2.72. The molecule has 1 heterocycles. The smallest absolute Gasteiger partial charge is 0.333 e. The third-order valence-electron chi connectivity index (χ3n) is 7.32. The molecule has 1 saturated heterocycles. The van der Waals surface area contributed by atoms with Gasteiger partial charge in [-0.05, 0) is 50.0 Å². The quantitative estimate of drug-likeness (QED) is 0.318. The number of rotatable bonds is 3. The summed E-state index contributed by atoms with van der Waals surface area (Å²) in [6, 6.07) is 0. The van der Waals surface area contributed by atoms with Gasteiger partial charge in [-0.15, -0.1) is 0 Å². The van der Waals surface area contributed by atoms with Crippen molar-refractivity contribution in [3.63, 3.8) is 0 Å². The van der Waals surface area contributed by atoms with Crippen LogP contribution in [0.1, 0.15) is 53.9 Å². The van der Waals surface area contributed by atoms with E-state index < -0.39 is 29.6 Å². The minimum absolute atomic E-state index is 0.130. The minimum Gasteiger partial charge on any atom is -0.462 e. The molecule has 0 aromatic heterocycles. The van der Waals surface area contributed by atoms with Crippen molar-refractivity contribution in [2.24, 2.45) is 22.7 Å². The monoisotopic (exact) mass is 390 g/mol. The third-order valence-corrected chi connectivity index (χ3v) is 7.32. The molecule has 6 atom stereocenters. The second kappa shape index (κ2) is 7.05. The second-order valence-electron chi connectivity index (χ2n) is 8.78. The molecule has 0 aromatic rings. The highest BCUT2D eigenvalue weighted by Crippen LogP contribution is 2.66. The van der Waals surface area contributed by atoms with Crippen LogP contribution in [0.25, 0.3) is 0 Å². The van der Waals surface area contributed by atoms with Crippen LogP contribution in [-0.2, 0) is 28.6 Å². The van der Waals surface area contributed by atoms with Crippen LogP contribution in [0.4, 0.5) is 0 Å². The Morgan fingerprint density at radius 2 is 1.93 bits per heavy atom. The summed E-state index contributed by atoms with van der Waals surface area (Å²) in [5.41, 5.74) is -0.328. The first-order valence-corrected chi connectivity index (χ1v) is 9.94. The van der Waals surface area contributed by atoms with Crippen LogP contribution in [0, 0.1) is 22.7 Å². The topological polar surface area (TPSA) is 78.9 Å². The number of esters is 3. The van der Waals surface area contributed by atoms with E-state index in [1.165, 1.54) is 6.92 Å². The molecule has 0 unspecified atom stereocenters. The number of allylic oxidation sites excluding steroid dienone is 1. The Morgan fingerprint density at radius 1 is 1.25 bits per heavy atom. The molecule has 3 rings (SSSR count). The second-order valence-corrected chi connectivity index (χ2v) is 8.78. The predicted octanol–water partition coefficient (Wildman–Crippen LogP) is 3.35. The largest absolute Gasteiger partial charge is 0.462 e. The van der Waals surface area contributed by atoms with Gasteiger partial charge in [0, 0.05) is 18.4 Å². The number of cyclic esters (lactones) is 1. The Kier molecular flexibility index (Phi) is 5.19. The van der Waals surface area contributed by atoms with E-state index in [-0.39, 0.29) is 29.8 Å². The molecule has 3 fully saturated rings. The lowest BCUT2D eigenvalue weighted by Gasteiger charge is -2.46. The molecule has 154 valence electrons. The van der Waals surface area contributed by atoms with Crippen LogP contribution in [0.15, 0.2) is 23.8 Å². The van der Waals surface area contributed by atoms with Crippen molar-refractivity contribution < 1.29 is 28.6 Å². The maximum Gasteiger partial charge on any atom is 0.333 e. The lowest BCUT2D eigenvalue weighted by atomic mass is 9.61. The fourth-order valence-corrected chi connectivity index (χ4v) is 5.43. The Bertz CT molecular complexity index is 734. The molecule has 2 saturated carbocycles. The Balaban J connectivity index is 2.12. The van der Waals surface area contributed by atoms with Crippen LogP contribution >= 0.6 is 0 Å². The zero-order valence-corrected chi connectivity index (χ0v) is 17.4. The Morgan fingerprint density at radius 3 is 2.46 bits per heavy atom. The summed E-state index contributed by atoms with van der Waals surface area (Å²) >= 11 is 0. The van der Waals surface area contributed by atoms with Crippen molar-refractivity contribution in [2.75, 3.05) is 6.61 Å². The van der Waals surface area contributed by atoms with Crippen molar-refractivity contribution >= 4 is 17.9 Å². The van der Waals surface area contributed by atoms with Crippen molar-refractivity contribution in [3.8, 4) is 0 Å². The molecule has 0 N–H and O–H groups in total. The van der Waals surface area contributed by atoms with Gasteiger partial charge in [-0.25, -0.2) is 4.79 Å². The van der Waals surface area contributed by atoms with Gasteiger partial charge < -0.3 is 14.2 Å². The zero-order chi connectivity index (χ0) is 20.9. The van der Waals surface area contributed by atoms with E-state index >= 15 is 0 Å². The summed E-state index contributed by atoms with van der Waals surface area (Å²) < 4.78 is 17.0. The molecular weight excluding hydrogens is 360 g/mol. The van der Waals surface area contributed by atoms with Crippen molar-refractivity contribution in [1.29, 1.82) is 0 Å². The molecule has 28 heavy (non-hydrogen) atoms. The molecule has 6 nitrogen and oxygen atoms in total. The summed E-state index contributed by atoms with van der Waals surface area (Å²) in [5, 5.41) is 0. The summed E-state index contributed by atoms with van der Waals surface area (Å²) in [5.74, 6) is -1.25. The lowest BCUT2D eigenvalue weighted by molar-refractivity contribution is -0.172. The molecule has 1 spiro atoms. The molecule has 0 radical (unpaired) electrons. The average Bonchev–Trinajstić information content (AvgIpc) is 3.07. The summed E-state index contributed by atoms with van der Waals surface area (Å²) in [6.45, 7) is 13.3. The van der Waals surface area contributed by atoms with Gasteiger partial charge in [0.1, 0.15) is 24.2 Å². The molecule has 0 bridgehead atoms. The van der Waals surface area contributed by atoms with Gasteiger partial charge in [0.25, 0.3) is 0 Å². The normalized spacial score (nSPS) is 40.2. The number of ether oxygens (including phenoxy) is 3. The number of carbonyl (C=O) groups is 3. The van der Waals surface area contributed by atoms with Crippen molar-refractivity contribution in [1.82, 2.24) is 0 Å². The molecule has 0 aromatic carbocycles. The summed E-state index contributed by atoms with van der Waals surface area (Å²) in [7, 11) is 0. The highest BCUT2D eigenvalue weighted by atomic mass is 16.6. The lowest BCUT2D eigenvalue weighted by Crippen LogP contribution is -2.50. The number of carbonyl (C=O) groups excluding carboxylic acids is 3. The zero-order valence-electron chi connectivity index (χ0n) is 17.4. The van der Waals surface area contributed by atoms with E-state index in [1.54, 1.807) is 19.9 Å². The fraction of sp³-hybridized carbons (Fsp3) is 0.682. The van der Waals surface area contributed by atoms with Crippen LogP contribution in [0.2, 0.25) is 0 Å².